The van der Waals surface area contributed by atoms with E-state index >= 15 is 0 Å². The minimum Gasteiger partial charge on any atom is -0.489 e. The molecule has 0 aromatic heterocycles. The Balaban J connectivity index is 1.91. The minimum absolute atomic E-state index is 0.598. The molecule has 98 valence electrons. The highest BCUT2D eigenvalue weighted by Gasteiger charge is 2.14. The lowest BCUT2D eigenvalue weighted by Gasteiger charge is -2.15. The predicted octanol–water partition coefficient (Wildman–Crippen LogP) is 3.67. The van der Waals surface area contributed by atoms with Gasteiger partial charge < -0.3 is 10.1 Å². The second kappa shape index (κ2) is 6.60. The van der Waals surface area contributed by atoms with Crippen LogP contribution in [0, 0.1) is 0 Å². The van der Waals surface area contributed by atoms with E-state index in [1.807, 2.05) is 19.1 Å². The molecule has 0 atom stereocenters. The van der Waals surface area contributed by atoms with Gasteiger partial charge in [-0.3, -0.25) is 0 Å². The largest absolute Gasteiger partial charge is 0.489 e. The molecule has 0 bridgehead atoms. The van der Waals surface area contributed by atoms with E-state index in [4.69, 9.17) is 4.74 Å². The third kappa shape index (κ3) is 3.88. The van der Waals surface area contributed by atoms with E-state index in [1.54, 1.807) is 0 Å². The summed E-state index contributed by atoms with van der Waals surface area (Å²) < 4.78 is 5.77. The van der Waals surface area contributed by atoms with E-state index in [0.29, 0.717) is 12.6 Å². The summed E-state index contributed by atoms with van der Waals surface area (Å²) in [4.78, 5) is 0. The highest BCUT2D eigenvalue weighted by atomic mass is 16.5. The average molecular weight is 245 g/mol. The summed E-state index contributed by atoms with van der Waals surface area (Å²) in [6, 6.07) is 8.95. The van der Waals surface area contributed by atoms with Crippen molar-refractivity contribution >= 4 is 0 Å². The Morgan fingerprint density at radius 2 is 2.06 bits per heavy atom. The summed E-state index contributed by atoms with van der Waals surface area (Å²) in [5.41, 5.74) is 2.29. The Morgan fingerprint density at radius 3 is 2.78 bits per heavy atom. The molecule has 1 aliphatic rings. The fourth-order valence-electron chi connectivity index (χ4n) is 2.38. The molecule has 1 N–H and O–H groups in total. The molecule has 0 spiro atoms. The van der Waals surface area contributed by atoms with Crippen molar-refractivity contribution in [3.63, 3.8) is 0 Å². The SMILES string of the molecule is C=C(C)COc1ccccc1CNC1CCCC1. The summed E-state index contributed by atoms with van der Waals surface area (Å²) in [6.07, 6.45) is 5.36. The van der Waals surface area contributed by atoms with Crippen LogP contribution in [-0.2, 0) is 6.54 Å². The van der Waals surface area contributed by atoms with Crippen molar-refractivity contribution in [2.75, 3.05) is 6.61 Å². The molecule has 0 heterocycles. The van der Waals surface area contributed by atoms with Crippen LogP contribution in [0.25, 0.3) is 0 Å². The van der Waals surface area contributed by atoms with Gasteiger partial charge in [-0.1, -0.05) is 37.6 Å². The van der Waals surface area contributed by atoms with Crippen LogP contribution in [0.15, 0.2) is 36.4 Å². The Morgan fingerprint density at radius 1 is 1.33 bits per heavy atom. The second-order valence-electron chi connectivity index (χ2n) is 5.22. The fraction of sp³-hybridized carbons (Fsp3) is 0.500. The molecular weight excluding hydrogens is 222 g/mol. The zero-order valence-corrected chi connectivity index (χ0v) is 11.2. The first-order valence-corrected chi connectivity index (χ1v) is 6.84. The Kier molecular flexibility index (Phi) is 4.82. The van der Waals surface area contributed by atoms with Crippen molar-refractivity contribution in [3.8, 4) is 5.75 Å². The van der Waals surface area contributed by atoms with Gasteiger partial charge in [0.2, 0.25) is 0 Å². The summed E-state index contributed by atoms with van der Waals surface area (Å²) in [7, 11) is 0. The molecule has 0 unspecified atom stereocenters. The smallest absolute Gasteiger partial charge is 0.124 e. The number of benzene rings is 1. The average Bonchev–Trinajstić information content (AvgIpc) is 2.88. The molecule has 2 rings (SSSR count). The van der Waals surface area contributed by atoms with Crippen molar-refractivity contribution in [3.05, 3.63) is 42.0 Å². The lowest BCUT2D eigenvalue weighted by molar-refractivity contribution is 0.346. The van der Waals surface area contributed by atoms with Crippen LogP contribution in [0.1, 0.15) is 38.2 Å². The van der Waals surface area contributed by atoms with E-state index in [0.717, 1.165) is 17.9 Å². The molecule has 18 heavy (non-hydrogen) atoms. The first-order valence-electron chi connectivity index (χ1n) is 6.84. The second-order valence-corrected chi connectivity index (χ2v) is 5.22. The van der Waals surface area contributed by atoms with Crippen LogP contribution >= 0.6 is 0 Å². The Hall–Kier alpha value is -1.28. The molecule has 0 aliphatic heterocycles. The lowest BCUT2D eigenvalue weighted by atomic mass is 10.1. The lowest BCUT2D eigenvalue weighted by Crippen LogP contribution is -2.25. The number of para-hydroxylation sites is 1. The standard InChI is InChI=1S/C16H23NO/c1-13(2)12-18-16-10-6-3-7-14(16)11-17-15-8-4-5-9-15/h3,6-7,10,15,17H,1,4-5,8-9,11-12H2,2H3. The molecule has 1 aromatic carbocycles. The number of rotatable bonds is 6. The van der Waals surface area contributed by atoms with Gasteiger partial charge in [-0.05, 0) is 31.4 Å². The van der Waals surface area contributed by atoms with Gasteiger partial charge in [0.05, 0.1) is 0 Å². The minimum atomic E-state index is 0.598. The molecule has 0 saturated heterocycles. The van der Waals surface area contributed by atoms with Gasteiger partial charge in [-0.25, -0.2) is 0 Å². The third-order valence-corrected chi connectivity index (χ3v) is 3.38. The van der Waals surface area contributed by atoms with Crippen molar-refractivity contribution in [2.24, 2.45) is 0 Å². The van der Waals surface area contributed by atoms with E-state index in [9.17, 15) is 0 Å². The zero-order valence-electron chi connectivity index (χ0n) is 11.2. The maximum atomic E-state index is 5.77. The van der Waals surface area contributed by atoms with Crippen LogP contribution in [-0.4, -0.2) is 12.6 Å². The number of nitrogens with one attached hydrogen (secondary N) is 1. The summed E-state index contributed by atoms with van der Waals surface area (Å²) >= 11 is 0. The fourth-order valence-corrected chi connectivity index (χ4v) is 2.38. The molecule has 2 heteroatoms. The Bertz CT molecular complexity index is 394. The quantitative estimate of drug-likeness (QED) is 0.772. The number of hydrogen-bond donors (Lipinski definition) is 1. The van der Waals surface area contributed by atoms with Gasteiger partial charge in [0.25, 0.3) is 0 Å². The van der Waals surface area contributed by atoms with Gasteiger partial charge in [0.1, 0.15) is 12.4 Å². The van der Waals surface area contributed by atoms with Crippen LogP contribution in [0.2, 0.25) is 0 Å². The summed E-state index contributed by atoms with van der Waals surface area (Å²) in [5, 5.41) is 3.62. The predicted molar refractivity (Wildman–Crippen MR) is 75.8 cm³/mol. The zero-order chi connectivity index (χ0) is 12.8. The van der Waals surface area contributed by atoms with Gasteiger partial charge >= 0.3 is 0 Å². The third-order valence-electron chi connectivity index (χ3n) is 3.38. The van der Waals surface area contributed by atoms with Crippen molar-refractivity contribution < 1.29 is 4.74 Å². The Labute approximate surface area is 110 Å². The normalized spacial score (nSPS) is 15.8. The molecule has 1 aliphatic carbocycles. The van der Waals surface area contributed by atoms with Gasteiger partial charge in [-0.2, -0.15) is 0 Å². The van der Waals surface area contributed by atoms with Crippen molar-refractivity contribution in [2.45, 2.75) is 45.2 Å². The maximum Gasteiger partial charge on any atom is 0.124 e. The van der Waals surface area contributed by atoms with E-state index in [2.05, 4.69) is 24.0 Å². The first-order chi connectivity index (χ1) is 8.75. The molecule has 1 aromatic rings. The number of ether oxygens (including phenoxy) is 1. The van der Waals surface area contributed by atoms with Crippen LogP contribution in [0.3, 0.4) is 0 Å². The van der Waals surface area contributed by atoms with E-state index in [-0.39, 0.29) is 0 Å². The van der Waals surface area contributed by atoms with E-state index in [1.165, 1.54) is 31.2 Å². The number of hydrogen-bond acceptors (Lipinski definition) is 2. The van der Waals surface area contributed by atoms with Crippen LogP contribution < -0.4 is 10.1 Å². The summed E-state index contributed by atoms with van der Waals surface area (Å²) in [5.74, 6) is 0.978. The molecule has 1 saturated carbocycles. The molecule has 1 fully saturated rings. The first kappa shape index (κ1) is 13.2. The highest BCUT2D eigenvalue weighted by molar-refractivity contribution is 5.33. The van der Waals surface area contributed by atoms with Crippen molar-refractivity contribution in [1.82, 2.24) is 5.32 Å². The molecule has 2 nitrogen and oxygen atoms in total. The van der Waals surface area contributed by atoms with Gasteiger partial charge in [-0.15, -0.1) is 0 Å². The monoisotopic (exact) mass is 245 g/mol. The van der Waals surface area contributed by atoms with E-state index < -0.39 is 0 Å². The molecular formula is C16H23NO. The highest BCUT2D eigenvalue weighted by Crippen LogP contribution is 2.21. The van der Waals surface area contributed by atoms with Crippen molar-refractivity contribution in [1.29, 1.82) is 0 Å². The van der Waals surface area contributed by atoms with Gasteiger partial charge in [0.15, 0.2) is 0 Å². The molecule has 0 radical (unpaired) electrons. The van der Waals surface area contributed by atoms with Crippen LogP contribution in [0.4, 0.5) is 0 Å². The molecule has 0 amide bonds. The topological polar surface area (TPSA) is 21.3 Å². The van der Waals surface area contributed by atoms with Gasteiger partial charge in [0, 0.05) is 18.2 Å². The maximum absolute atomic E-state index is 5.77. The van der Waals surface area contributed by atoms with Crippen LogP contribution in [0.5, 0.6) is 5.75 Å². The summed E-state index contributed by atoms with van der Waals surface area (Å²) in [6.45, 7) is 7.35.